The first-order valence-corrected chi connectivity index (χ1v) is 6.19. The molecule has 0 aromatic heterocycles. The SMILES string of the molecule is CN(CC(C)(C)CN)C(=O)c1cccc(C(F)(F)F)c1. The van der Waals surface area contributed by atoms with E-state index in [2.05, 4.69) is 0 Å². The van der Waals surface area contributed by atoms with Gasteiger partial charge < -0.3 is 10.6 Å². The lowest BCUT2D eigenvalue weighted by atomic mass is 9.93. The number of halogens is 3. The molecule has 6 heteroatoms. The van der Waals surface area contributed by atoms with Crippen molar-refractivity contribution in [2.75, 3.05) is 20.1 Å². The number of rotatable bonds is 4. The number of carbonyl (C=O) groups is 1. The standard InChI is InChI=1S/C14H19F3N2O/c1-13(2,8-18)9-19(3)12(20)10-5-4-6-11(7-10)14(15,16)17/h4-7H,8-9,18H2,1-3H3. The number of alkyl halides is 3. The molecule has 0 unspecified atom stereocenters. The van der Waals surface area contributed by atoms with E-state index in [1.54, 1.807) is 7.05 Å². The van der Waals surface area contributed by atoms with Crippen molar-refractivity contribution in [2.45, 2.75) is 20.0 Å². The highest BCUT2D eigenvalue weighted by Crippen LogP contribution is 2.29. The third-order valence-electron chi connectivity index (χ3n) is 3.00. The molecule has 0 spiro atoms. The van der Waals surface area contributed by atoms with E-state index in [9.17, 15) is 18.0 Å². The number of nitrogens with zero attached hydrogens (tertiary/aromatic N) is 1. The second-order valence-corrected chi connectivity index (χ2v) is 5.61. The molecule has 3 nitrogen and oxygen atoms in total. The van der Waals surface area contributed by atoms with E-state index >= 15 is 0 Å². The summed E-state index contributed by atoms with van der Waals surface area (Å²) >= 11 is 0. The smallest absolute Gasteiger partial charge is 0.341 e. The number of hydrogen-bond acceptors (Lipinski definition) is 2. The van der Waals surface area contributed by atoms with E-state index in [1.807, 2.05) is 13.8 Å². The minimum Gasteiger partial charge on any atom is -0.341 e. The Kier molecular flexibility index (Phi) is 4.81. The first-order valence-electron chi connectivity index (χ1n) is 6.19. The van der Waals surface area contributed by atoms with Gasteiger partial charge in [0.15, 0.2) is 0 Å². The van der Waals surface area contributed by atoms with Crippen molar-refractivity contribution in [3.63, 3.8) is 0 Å². The predicted octanol–water partition coefficient (Wildman–Crippen LogP) is 2.76. The second kappa shape index (κ2) is 5.83. The summed E-state index contributed by atoms with van der Waals surface area (Å²) in [5.41, 5.74) is 4.50. The molecule has 0 aliphatic heterocycles. The quantitative estimate of drug-likeness (QED) is 0.926. The van der Waals surface area contributed by atoms with Gasteiger partial charge in [0.05, 0.1) is 5.56 Å². The van der Waals surface area contributed by atoms with Crippen molar-refractivity contribution in [2.24, 2.45) is 11.1 Å². The maximum Gasteiger partial charge on any atom is 0.416 e. The van der Waals surface area contributed by atoms with Crippen LogP contribution < -0.4 is 5.73 Å². The predicted molar refractivity (Wildman–Crippen MR) is 71.2 cm³/mol. The Bertz CT molecular complexity index is 484. The Labute approximate surface area is 116 Å². The van der Waals surface area contributed by atoms with Gasteiger partial charge in [-0.15, -0.1) is 0 Å². The maximum atomic E-state index is 12.6. The Balaban J connectivity index is 2.93. The topological polar surface area (TPSA) is 46.3 Å². The van der Waals surface area contributed by atoms with Crippen LogP contribution in [-0.2, 0) is 6.18 Å². The summed E-state index contributed by atoms with van der Waals surface area (Å²) in [6.45, 7) is 4.54. The zero-order chi connectivity index (χ0) is 15.6. The number of carbonyl (C=O) groups excluding carboxylic acids is 1. The fraction of sp³-hybridized carbons (Fsp3) is 0.500. The van der Waals surface area contributed by atoms with E-state index in [0.29, 0.717) is 13.1 Å². The fourth-order valence-corrected chi connectivity index (χ4v) is 1.83. The molecule has 0 aliphatic rings. The van der Waals surface area contributed by atoms with Gasteiger partial charge in [-0.2, -0.15) is 13.2 Å². The van der Waals surface area contributed by atoms with Crippen LogP contribution in [0.25, 0.3) is 0 Å². The molecule has 1 amide bonds. The molecule has 0 atom stereocenters. The number of amides is 1. The molecular weight excluding hydrogens is 269 g/mol. The van der Waals surface area contributed by atoms with E-state index in [1.165, 1.54) is 17.0 Å². The Hall–Kier alpha value is -1.56. The monoisotopic (exact) mass is 288 g/mol. The lowest BCUT2D eigenvalue weighted by molar-refractivity contribution is -0.137. The molecule has 0 saturated carbocycles. The molecule has 0 saturated heterocycles. The van der Waals surface area contributed by atoms with Crippen LogP contribution in [0.2, 0.25) is 0 Å². The Morgan fingerprint density at radius 1 is 1.30 bits per heavy atom. The van der Waals surface area contributed by atoms with Crippen molar-refractivity contribution < 1.29 is 18.0 Å². The summed E-state index contributed by atoms with van der Waals surface area (Å²) < 4.78 is 37.9. The van der Waals surface area contributed by atoms with E-state index < -0.39 is 17.6 Å². The van der Waals surface area contributed by atoms with Gasteiger partial charge in [0.1, 0.15) is 0 Å². The summed E-state index contributed by atoms with van der Waals surface area (Å²) in [6, 6.07) is 4.43. The highest BCUT2D eigenvalue weighted by Gasteiger charge is 2.31. The summed E-state index contributed by atoms with van der Waals surface area (Å²) in [4.78, 5) is 13.5. The highest BCUT2D eigenvalue weighted by atomic mass is 19.4. The fourth-order valence-electron chi connectivity index (χ4n) is 1.83. The van der Waals surface area contributed by atoms with Crippen LogP contribution in [0, 0.1) is 5.41 Å². The van der Waals surface area contributed by atoms with Crippen molar-refractivity contribution in [3.05, 3.63) is 35.4 Å². The zero-order valence-electron chi connectivity index (χ0n) is 11.8. The van der Waals surface area contributed by atoms with Crippen molar-refractivity contribution in [1.82, 2.24) is 4.90 Å². The maximum absolute atomic E-state index is 12.6. The molecule has 1 aromatic carbocycles. The second-order valence-electron chi connectivity index (χ2n) is 5.61. The summed E-state index contributed by atoms with van der Waals surface area (Å²) in [5.74, 6) is -0.447. The molecule has 0 radical (unpaired) electrons. The third kappa shape index (κ3) is 4.23. The van der Waals surface area contributed by atoms with E-state index in [4.69, 9.17) is 5.73 Å². The van der Waals surface area contributed by atoms with Gasteiger partial charge in [-0.25, -0.2) is 0 Å². The van der Waals surface area contributed by atoms with Crippen LogP contribution in [0.3, 0.4) is 0 Å². The van der Waals surface area contributed by atoms with E-state index in [-0.39, 0.29) is 11.0 Å². The highest BCUT2D eigenvalue weighted by molar-refractivity contribution is 5.94. The summed E-state index contributed by atoms with van der Waals surface area (Å²) in [7, 11) is 1.56. The largest absolute Gasteiger partial charge is 0.416 e. The van der Waals surface area contributed by atoms with Crippen LogP contribution in [0.1, 0.15) is 29.8 Å². The van der Waals surface area contributed by atoms with Crippen LogP contribution in [0.15, 0.2) is 24.3 Å². The number of hydrogen-bond donors (Lipinski definition) is 1. The van der Waals surface area contributed by atoms with Crippen molar-refractivity contribution >= 4 is 5.91 Å². The van der Waals surface area contributed by atoms with Gasteiger partial charge in [-0.1, -0.05) is 19.9 Å². The summed E-state index contributed by atoms with van der Waals surface area (Å²) in [6.07, 6.45) is -4.45. The molecule has 112 valence electrons. The van der Waals surface area contributed by atoms with Gasteiger partial charge in [-0.05, 0) is 30.2 Å². The molecule has 0 heterocycles. The van der Waals surface area contributed by atoms with E-state index in [0.717, 1.165) is 12.1 Å². The third-order valence-corrected chi connectivity index (χ3v) is 3.00. The minimum absolute atomic E-state index is 0.0233. The van der Waals surface area contributed by atoms with Gasteiger partial charge >= 0.3 is 6.18 Å². The summed E-state index contributed by atoms with van der Waals surface area (Å²) in [5, 5.41) is 0. The van der Waals surface area contributed by atoms with Crippen LogP contribution >= 0.6 is 0 Å². The van der Waals surface area contributed by atoms with Crippen LogP contribution in [0.5, 0.6) is 0 Å². The van der Waals surface area contributed by atoms with Gasteiger partial charge in [0, 0.05) is 19.2 Å². The first kappa shape index (κ1) is 16.5. The molecular formula is C14H19F3N2O. The van der Waals surface area contributed by atoms with Crippen LogP contribution in [-0.4, -0.2) is 30.9 Å². The van der Waals surface area contributed by atoms with Crippen molar-refractivity contribution in [1.29, 1.82) is 0 Å². The van der Waals surface area contributed by atoms with Gasteiger partial charge in [0.2, 0.25) is 0 Å². The Morgan fingerprint density at radius 3 is 2.40 bits per heavy atom. The average molecular weight is 288 g/mol. The molecule has 0 fully saturated rings. The average Bonchev–Trinajstić information content (AvgIpc) is 2.36. The molecule has 20 heavy (non-hydrogen) atoms. The first-order chi connectivity index (χ1) is 9.07. The zero-order valence-corrected chi connectivity index (χ0v) is 11.8. The lowest BCUT2D eigenvalue weighted by Gasteiger charge is -2.29. The van der Waals surface area contributed by atoms with Gasteiger partial charge in [-0.3, -0.25) is 4.79 Å². The van der Waals surface area contributed by atoms with Crippen molar-refractivity contribution in [3.8, 4) is 0 Å². The van der Waals surface area contributed by atoms with Crippen LogP contribution in [0.4, 0.5) is 13.2 Å². The molecule has 0 bridgehead atoms. The van der Waals surface area contributed by atoms with Gasteiger partial charge in [0.25, 0.3) is 5.91 Å². The molecule has 2 N–H and O–H groups in total. The lowest BCUT2D eigenvalue weighted by Crippen LogP contribution is -2.39. The number of benzene rings is 1. The molecule has 1 rings (SSSR count). The minimum atomic E-state index is -4.45. The number of nitrogens with two attached hydrogens (primary N) is 1. The Morgan fingerprint density at radius 2 is 1.90 bits per heavy atom. The normalized spacial score (nSPS) is 12.3. The molecule has 0 aliphatic carbocycles. The molecule has 1 aromatic rings.